The lowest BCUT2D eigenvalue weighted by atomic mass is 10.3. The molecule has 0 unspecified atom stereocenters. The van der Waals surface area contributed by atoms with E-state index in [1.54, 1.807) is 4.68 Å². The molecular formula is C14H17ClN4O. The number of aliphatic imine (C=N–C) groups is 1. The molecule has 0 atom stereocenters. The first-order chi connectivity index (χ1) is 9.58. The molecule has 1 aromatic heterocycles. The van der Waals surface area contributed by atoms with Crippen molar-refractivity contribution in [2.75, 3.05) is 5.88 Å². The van der Waals surface area contributed by atoms with E-state index in [0.29, 0.717) is 12.4 Å². The highest BCUT2D eigenvalue weighted by Crippen LogP contribution is 2.19. The highest BCUT2D eigenvalue weighted by Gasteiger charge is 2.04. The molecule has 106 valence electrons. The van der Waals surface area contributed by atoms with E-state index in [9.17, 15) is 0 Å². The summed E-state index contributed by atoms with van der Waals surface area (Å²) in [7, 11) is 1.89. The molecule has 0 aliphatic rings. The van der Waals surface area contributed by atoms with Crippen LogP contribution in [0.1, 0.15) is 11.3 Å². The minimum atomic E-state index is 0.221. The number of aryl methyl sites for hydroxylation is 2. The van der Waals surface area contributed by atoms with Crippen LogP contribution >= 0.6 is 11.6 Å². The minimum Gasteiger partial charge on any atom is -0.489 e. The van der Waals surface area contributed by atoms with Crippen molar-refractivity contribution >= 4 is 23.1 Å². The number of hydrogen-bond acceptors (Lipinski definition) is 3. The Morgan fingerprint density at radius 1 is 1.40 bits per heavy atom. The van der Waals surface area contributed by atoms with Gasteiger partial charge in [-0.1, -0.05) is 0 Å². The van der Waals surface area contributed by atoms with Gasteiger partial charge in [0.2, 0.25) is 0 Å². The number of ether oxygens (including phenoxy) is 1. The molecule has 0 spiro atoms. The van der Waals surface area contributed by atoms with Crippen molar-refractivity contribution in [3.8, 4) is 5.75 Å². The van der Waals surface area contributed by atoms with Crippen LogP contribution < -0.4 is 10.5 Å². The Balaban J connectivity index is 1.99. The lowest BCUT2D eigenvalue weighted by molar-refractivity contribution is 0.305. The number of nitrogens with zero attached hydrogens (tertiary/aromatic N) is 3. The zero-order chi connectivity index (χ0) is 14.5. The summed E-state index contributed by atoms with van der Waals surface area (Å²) in [5, 5.41) is 4.27. The van der Waals surface area contributed by atoms with Crippen LogP contribution in [-0.4, -0.2) is 21.5 Å². The smallest absolute Gasteiger partial charge is 0.119 e. The third-order valence-electron chi connectivity index (χ3n) is 2.76. The van der Waals surface area contributed by atoms with E-state index < -0.39 is 0 Å². The van der Waals surface area contributed by atoms with Crippen LogP contribution in [0.4, 0.5) is 5.69 Å². The summed E-state index contributed by atoms with van der Waals surface area (Å²) < 4.78 is 7.49. The van der Waals surface area contributed by atoms with Crippen LogP contribution in [0.2, 0.25) is 0 Å². The quantitative estimate of drug-likeness (QED) is 0.523. The second-order valence-electron chi connectivity index (χ2n) is 4.43. The summed E-state index contributed by atoms with van der Waals surface area (Å²) in [6.45, 7) is 2.46. The average molecular weight is 293 g/mol. The van der Waals surface area contributed by atoms with Gasteiger partial charge in [-0.05, 0) is 31.2 Å². The molecule has 2 aromatic rings. The number of aromatic nitrogens is 2. The third kappa shape index (κ3) is 3.74. The molecule has 0 aliphatic heterocycles. The third-order valence-corrected chi connectivity index (χ3v) is 3.03. The second-order valence-corrected chi connectivity index (χ2v) is 4.70. The highest BCUT2D eigenvalue weighted by atomic mass is 35.5. The van der Waals surface area contributed by atoms with E-state index in [1.807, 2.05) is 44.4 Å². The van der Waals surface area contributed by atoms with Crippen LogP contribution in [-0.2, 0) is 13.7 Å². The van der Waals surface area contributed by atoms with Crippen molar-refractivity contribution < 1.29 is 4.74 Å². The molecule has 0 fully saturated rings. The fourth-order valence-electron chi connectivity index (χ4n) is 1.76. The number of halogens is 1. The lowest BCUT2D eigenvalue weighted by Gasteiger charge is -2.05. The van der Waals surface area contributed by atoms with Gasteiger partial charge in [0.25, 0.3) is 0 Å². The SMILES string of the molecule is Cc1nn(C)cc1COc1ccc(N=C(N)CCl)cc1. The Kier molecular flexibility index (Phi) is 4.63. The van der Waals surface area contributed by atoms with E-state index in [-0.39, 0.29) is 5.88 Å². The molecule has 0 saturated heterocycles. The van der Waals surface area contributed by atoms with E-state index in [1.165, 1.54) is 0 Å². The largest absolute Gasteiger partial charge is 0.489 e. The van der Waals surface area contributed by atoms with E-state index in [0.717, 1.165) is 22.7 Å². The molecule has 0 amide bonds. The van der Waals surface area contributed by atoms with E-state index in [4.69, 9.17) is 22.1 Å². The van der Waals surface area contributed by atoms with E-state index in [2.05, 4.69) is 10.1 Å². The molecule has 1 aromatic carbocycles. The summed E-state index contributed by atoms with van der Waals surface area (Å²) in [6.07, 6.45) is 1.95. The Morgan fingerprint density at radius 2 is 2.10 bits per heavy atom. The van der Waals surface area contributed by atoms with Gasteiger partial charge in [-0.3, -0.25) is 4.68 Å². The van der Waals surface area contributed by atoms with Gasteiger partial charge in [-0.25, -0.2) is 4.99 Å². The Bertz CT molecular complexity index is 604. The summed E-state index contributed by atoms with van der Waals surface area (Å²) in [4.78, 5) is 4.15. The minimum absolute atomic E-state index is 0.221. The van der Waals surface area contributed by atoms with Crippen LogP contribution in [0, 0.1) is 6.92 Å². The monoisotopic (exact) mass is 292 g/mol. The summed E-state index contributed by atoms with van der Waals surface area (Å²) in [6, 6.07) is 7.38. The van der Waals surface area contributed by atoms with Gasteiger partial charge in [0, 0.05) is 18.8 Å². The Labute approximate surface area is 123 Å². The van der Waals surface area contributed by atoms with Crippen LogP contribution in [0.15, 0.2) is 35.5 Å². The molecule has 5 nitrogen and oxygen atoms in total. The molecule has 6 heteroatoms. The maximum Gasteiger partial charge on any atom is 0.119 e. The van der Waals surface area contributed by atoms with Crippen molar-refractivity contribution in [2.24, 2.45) is 17.8 Å². The van der Waals surface area contributed by atoms with Gasteiger partial charge in [0.15, 0.2) is 0 Å². The zero-order valence-electron chi connectivity index (χ0n) is 11.5. The van der Waals surface area contributed by atoms with Gasteiger partial charge in [0.05, 0.1) is 17.3 Å². The number of hydrogen-bond donors (Lipinski definition) is 1. The van der Waals surface area contributed by atoms with Crippen molar-refractivity contribution in [3.63, 3.8) is 0 Å². The molecule has 0 aliphatic carbocycles. The lowest BCUT2D eigenvalue weighted by Crippen LogP contribution is -2.12. The maximum atomic E-state index is 5.71. The van der Waals surface area contributed by atoms with Gasteiger partial charge < -0.3 is 10.5 Å². The van der Waals surface area contributed by atoms with Crippen molar-refractivity contribution in [3.05, 3.63) is 41.7 Å². The number of alkyl halides is 1. The van der Waals surface area contributed by atoms with Gasteiger partial charge >= 0.3 is 0 Å². The highest BCUT2D eigenvalue weighted by molar-refractivity contribution is 6.28. The van der Waals surface area contributed by atoms with Gasteiger partial charge in [0.1, 0.15) is 18.2 Å². The molecule has 0 saturated carbocycles. The summed E-state index contributed by atoms with van der Waals surface area (Å²) in [5.74, 6) is 1.39. The van der Waals surface area contributed by atoms with Crippen molar-refractivity contribution in [1.82, 2.24) is 9.78 Å². The number of nitrogens with two attached hydrogens (primary N) is 1. The summed E-state index contributed by atoms with van der Waals surface area (Å²) >= 11 is 5.58. The number of benzene rings is 1. The molecular weight excluding hydrogens is 276 g/mol. The van der Waals surface area contributed by atoms with Crippen molar-refractivity contribution in [1.29, 1.82) is 0 Å². The fourth-order valence-corrected chi connectivity index (χ4v) is 1.82. The first kappa shape index (κ1) is 14.4. The van der Waals surface area contributed by atoms with Crippen molar-refractivity contribution in [2.45, 2.75) is 13.5 Å². The number of rotatable bonds is 5. The second kappa shape index (κ2) is 6.43. The van der Waals surface area contributed by atoms with Gasteiger partial charge in [-0.15, -0.1) is 11.6 Å². The van der Waals surface area contributed by atoms with E-state index >= 15 is 0 Å². The Hall–Kier alpha value is -2.01. The first-order valence-electron chi connectivity index (χ1n) is 6.19. The molecule has 2 N–H and O–H groups in total. The van der Waals surface area contributed by atoms with Crippen LogP contribution in [0.3, 0.4) is 0 Å². The molecule has 2 rings (SSSR count). The standard InChI is InChI=1S/C14H17ClN4O/c1-10-11(8-19(2)18-10)9-20-13-5-3-12(4-6-13)17-14(16)7-15/h3-6,8H,7,9H2,1-2H3,(H2,16,17). The first-order valence-corrected chi connectivity index (χ1v) is 6.73. The summed E-state index contributed by atoms with van der Waals surface area (Å²) in [5.41, 5.74) is 8.38. The molecule has 0 radical (unpaired) electrons. The topological polar surface area (TPSA) is 65.4 Å². The van der Waals surface area contributed by atoms with Gasteiger partial charge in [-0.2, -0.15) is 5.10 Å². The molecule has 1 heterocycles. The molecule has 20 heavy (non-hydrogen) atoms. The zero-order valence-corrected chi connectivity index (χ0v) is 12.3. The maximum absolute atomic E-state index is 5.71. The predicted octanol–water partition coefficient (Wildman–Crippen LogP) is 2.54. The van der Waals surface area contributed by atoms with Crippen LogP contribution in [0.25, 0.3) is 0 Å². The molecule has 0 bridgehead atoms. The average Bonchev–Trinajstić information content (AvgIpc) is 2.76. The number of amidine groups is 1. The van der Waals surface area contributed by atoms with Crippen LogP contribution in [0.5, 0.6) is 5.75 Å². The fraction of sp³-hybridized carbons (Fsp3) is 0.286. The Morgan fingerprint density at radius 3 is 2.65 bits per heavy atom. The normalized spacial score (nSPS) is 11.7. The predicted molar refractivity (Wildman–Crippen MR) is 80.7 cm³/mol.